The van der Waals surface area contributed by atoms with Gasteiger partial charge in [-0.1, -0.05) is 42.5 Å². The van der Waals surface area contributed by atoms with Crippen LogP contribution in [0.15, 0.2) is 60.9 Å². The van der Waals surface area contributed by atoms with E-state index in [0.717, 1.165) is 55.1 Å². The van der Waals surface area contributed by atoms with Crippen LogP contribution in [0.25, 0.3) is 22.5 Å². The summed E-state index contributed by atoms with van der Waals surface area (Å²) in [6.45, 7) is 3.90. The van der Waals surface area contributed by atoms with Crippen molar-refractivity contribution in [3.05, 3.63) is 60.9 Å². The van der Waals surface area contributed by atoms with Crippen LogP contribution in [0.2, 0.25) is 0 Å². The fourth-order valence-corrected chi connectivity index (χ4v) is 4.21. The number of phenols is 1. The molecule has 5 heteroatoms. The molecule has 4 rings (SSSR count). The van der Waals surface area contributed by atoms with Crippen molar-refractivity contribution in [2.24, 2.45) is 5.92 Å². The van der Waals surface area contributed by atoms with Gasteiger partial charge in [0.2, 0.25) is 0 Å². The summed E-state index contributed by atoms with van der Waals surface area (Å²) in [6, 6.07) is 17.6. The molecule has 1 atom stereocenters. The molecule has 0 bridgehead atoms. The third-order valence-corrected chi connectivity index (χ3v) is 5.48. The largest absolute Gasteiger partial charge is 0.508 e. The van der Waals surface area contributed by atoms with Crippen LogP contribution in [0, 0.1) is 5.92 Å². The summed E-state index contributed by atoms with van der Waals surface area (Å²) >= 11 is 0. The van der Waals surface area contributed by atoms with Gasteiger partial charge in [0.15, 0.2) is 0 Å². The number of aromatic hydroxyl groups is 1. The molecule has 1 unspecified atom stereocenters. The molecular formula is C23H27N3O2. The molecule has 0 amide bonds. The Labute approximate surface area is 165 Å². The highest BCUT2D eigenvalue weighted by molar-refractivity contribution is 5.79. The van der Waals surface area contributed by atoms with E-state index in [1.54, 1.807) is 12.1 Å². The van der Waals surface area contributed by atoms with E-state index in [-0.39, 0.29) is 12.4 Å². The first kappa shape index (κ1) is 18.7. The van der Waals surface area contributed by atoms with Gasteiger partial charge in [0.05, 0.1) is 24.3 Å². The van der Waals surface area contributed by atoms with Crippen molar-refractivity contribution in [2.75, 3.05) is 26.2 Å². The van der Waals surface area contributed by atoms with Gasteiger partial charge in [-0.05, 0) is 37.4 Å². The zero-order chi connectivity index (χ0) is 19.3. The molecule has 1 aromatic heterocycles. The van der Waals surface area contributed by atoms with Crippen LogP contribution in [0.5, 0.6) is 5.75 Å². The number of aromatic nitrogens is 2. The highest BCUT2D eigenvalue weighted by atomic mass is 16.3. The fourth-order valence-electron chi connectivity index (χ4n) is 4.21. The summed E-state index contributed by atoms with van der Waals surface area (Å²) in [4.78, 5) is 7.09. The predicted molar refractivity (Wildman–Crippen MR) is 111 cm³/mol. The first-order valence-electron chi connectivity index (χ1n) is 9.98. The molecule has 0 spiro atoms. The second-order valence-electron chi connectivity index (χ2n) is 7.54. The molecule has 1 aliphatic heterocycles. The van der Waals surface area contributed by atoms with E-state index in [0.29, 0.717) is 5.92 Å². The van der Waals surface area contributed by atoms with Crippen molar-refractivity contribution < 1.29 is 10.2 Å². The third-order valence-electron chi connectivity index (χ3n) is 5.48. The summed E-state index contributed by atoms with van der Waals surface area (Å²) in [7, 11) is 0. The molecule has 1 aliphatic rings. The molecule has 1 saturated heterocycles. The van der Waals surface area contributed by atoms with Crippen LogP contribution < -0.4 is 0 Å². The van der Waals surface area contributed by atoms with Crippen LogP contribution in [-0.2, 0) is 6.54 Å². The number of aliphatic hydroxyl groups excluding tert-OH is 1. The number of phenolic OH excluding ortho intramolecular Hbond substituents is 1. The highest BCUT2D eigenvalue weighted by Gasteiger charge is 2.22. The number of likely N-dealkylation sites (tertiary alicyclic amines) is 1. The van der Waals surface area contributed by atoms with Crippen molar-refractivity contribution in [3.63, 3.8) is 0 Å². The summed E-state index contributed by atoms with van der Waals surface area (Å²) in [5.74, 6) is 0.783. The second kappa shape index (κ2) is 8.59. The van der Waals surface area contributed by atoms with E-state index in [4.69, 9.17) is 4.98 Å². The zero-order valence-corrected chi connectivity index (χ0v) is 16.0. The van der Waals surface area contributed by atoms with Crippen molar-refractivity contribution in [3.8, 4) is 28.3 Å². The molecule has 0 saturated carbocycles. The van der Waals surface area contributed by atoms with Gasteiger partial charge in [-0.3, -0.25) is 0 Å². The Hall–Kier alpha value is -2.63. The van der Waals surface area contributed by atoms with Gasteiger partial charge in [0.25, 0.3) is 0 Å². The molecule has 2 heterocycles. The van der Waals surface area contributed by atoms with E-state index >= 15 is 0 Å². The SMILES string of the molecule is OCCN1CCCC(Cn2cnc(-c3ccccc3)c2-c2cccc(O)c2)C1. The molecule has 146 valence electrons. The fraction of sp³-hybridized carbons (Fsp3) is 0.348. The lowest BCUT2D eigenvalue weighted by molar-refractivity contribution is 0.132. The van der Waals surface area contributed by atoms with Crippen molar-refractivity contribution >= 4 is 0 Å². The Morgan fingerprint density at radius 3 is 2.64 bits per heavy atom. The number of imidazole rings is 1. The number of nitrogens with zero attached hydrogens (tertiary/aromatic N) is 3. The first-order chi connectivity index (χ1) is 13.7. The average molecular weight is 377 g/mol. The van der Waals surface area contributed by atoms with E-state index < -0.39 is 0 Å². The molecular weight excluding hydrogens is 350 g/mol. The van der Waals surface area contributed by atoms with Gasteiger partial charge >= 0.3 is 0 Å². The Balaban J connectivity index is 1.68. The molecule has 5 nitrogen and oxygen atoms in total. The molecule has 28 heavy (non-hydrogen) atoms. The lowest BCUT2D eigenvalue weighted by Gasteiger charge is -2.32. The lowest BCUT2D eigenvalue weighted by Crippen LogP contribution is -2.38. The number of β-amino-alcohol motifs (C(OH)–C–C–N with tert-alkyl or cyclic N) is 1. The average Bonchev–Trinajstić information content (AvgIpc) is 3.13. The van der Waals surface area contributed by atoms with Crippen LogP contribution in [0.3, 0.4) is 0 Å². The van der Waals surface area contributed by atoms with Gasteiger partial charge in [0.1, 0.15) is 5.75 Å². The van der Waals surface area contributed by atoms with Crippen LogP contribution in [0.4, 0.5) is 0 Å². The van der Waals surface area contributed by atoms with Crippen molar-refractivity contribution in [1.29, 1.82) is 0 Å². The predicted octanol–water partition coefficient (Wildman–Crippen LogP) is 3.63. The van der Waals surface area contributed by atoms with Gasteiger partial charge in [0, 0.05) is 30.8 Å². The van der Waals surface area contributed by atoms with Gasteiger partial charge < -0.3 is 19.7 Å². The molecule has 3 aromatic rings. The maximum atomic E-state index is 10.0. The monoisotopic (exact) mass is 377 g/mol. The Kier molecular flexibility index (Phi) is 5.74. The topological polar surface area (TPSA) is 61.5 Å². The van der Waals surface area contributed by atoms with Crippen molar-refractivity contribution in [2.45, 2.75) is 19.4 Å². The van der Waals surface area contributed by atoms with Crippen LogP contribution in [-0.4, -0.2) is 50.9 Å². The number of piperidine rings is 1. The highest BCUT2D eigenvalue weighted by Crippen LogP contribution is 2.33. The second-order valence-corrected chi connectivity index (χ2v) is 7.54. The zero-order valence-electron chi connectivity index (χ0n) is 16.0. The lowest BCUT2D eigenvalue weighted by atomic mass is 9.97. The van der Waals surface area contributed by atoms with Crippen LogP contribution in [0.1, 0.15) is 12.8 Å². The summed E-state index contributed by atoms with van der Waals surface area (Å²) in [5.41, 5.74) is 4.03. The van der Waals surface area contributed by atoms with Gasteiger partial charge in [-0.15, -0.1) is 0 Å². The van der Waals surface area contributed by atoms with Gasteiger partial charge in [-0.2, -0.15) is 0 Å². The van der Waals surface area contributed by atoms with E-state index in [1.807, 2.05) is 36.7 Å². The van der Waals surface area contributed by atoms with Gasteiger partial charge in [-0.25, -0.2) is 4.98 Å². The summed E-state index contributed by atoms with van der Waals surface area (Å²) in [6.07, 6.45) is 4.26. The Bertz CT molecular complexity index is 905. The minimum atomic E-state index is 0.213. The smallest absolute Gasteiger partial charge is 0.116 e. The van der Waals surface area contributed by atoms with E-state index in [2.05, 4.69) is 21.6 Å². The van der Waals surface area contributed by atoms with E-state index in [9.17, 15) is 10.2 Å². The maximum absolute atomic E-state index is 10.0. The molecule has 2 N–H and O–H groups in total. The molecule has 1 fully saturated rings. The number of rotatable bonds is 6. The normalized spacial score (nSPS) is 17.7. The standard InChI is InChI=1S/C23H27N3O2/c27-13-12-25-11-5-6-18(15-25)16-26-17-24-22(19-7-2-1-3-8-19)23(26)20-9-4-10-21(28)14-20/h1-4,7-10,14,17-18,27-28H,5-6,11-13,15-16H2. The Morgan fingerprint density at radius 1 is 1.04 bits per heavy atom. The van der Waals surface area contributed by atoms with E-state index in [1.165, 1.54) is 6.42 Å². The number of hydrogen-bond donors (Lipinski definition) is 2. The number of hydrogen-bond acceptors (Lipinski definition) is 4. The number of aliphatic hydroxyl groups is 1. The quantitative estimate of drug-likeness (QED) is 0.689. The maximum Gasteiger partial charge on any atom is 0.116 e. The summed E-state index contributed by atoms with van der Waals surface area (Å²) < 4.78 is 2.23. The molecule has 0 radical (unpaired) electrons. The Morgan fingerprint density at radius 2 is 1.86 bits per heavy atom. The summed E-state index contributed by atoms with van der Waals surface area (Å²) in [5, 5.41) is 19.3. The first-order valence-corrected chi connectivity index (χ1v) is 9.98. The minimum Gasteiger partial charge on any atom is -0.508 e. The van der Waals surface area contributed by atoms with Crippen molar-refractivity contribution in [1.82, 2.24) is 14.5 Å². The minimum absolute atomic E-state index is 0.213. The van der Waals surface area contributed by atoms with Crippen LogP contribution >= 0.6 is 0 Å². The molecule has 0 aliphatic carbocycles. The molecule has 2 aromatic carbocycles. The number of benzene rings is 2. The third kappa shape index (κ3) is 4.11.